The van der Waals surface area contributed by atoms with E-state index in [0.29, 0.717) is 32.1 Å². The lowest BCUT2D eigenvalue weighted by Gasteiger charge is -2.25. The number of benzene rings is 1. The minimum atomic E-state index is -3.47. The molecule has 200 valence electrons. The molecule has 1 amide bonds. The fourth-order valence-electron chi connectivity index (χ4n) is 4.00. The summed E-state index contributed by atoms with van der Waals surface area (Å²) in [5, 5.41) is 2.52. The number of rotatable bonds is 14. The van der Waals surface area contributed by atoms with Crippen LogP contribution in [0.3, 0.4) is 0 Å². The first-order valence-electron chi connectivity index (χ1n) is 12.7. The summed E-state index contributed by atoms with van der Waals surface area (Å²) in [4.78, 5) is 17.5. The molecule has 3 atom stereocenters. The number of thiazole rings is 1. The molecule has 0 saturated carbocycles. The molecule has 0 aliphatic heterocycles. The second-order valence-corrected chi connectivity index (χ2v) is 12.3. The highest BCUT2D eigenvalue weighted by atomic mass is 32.2. The Morgan fingerprint density at radius 3 is 2.65 bits per heavy atom. The largest absolute Gasteiger partial charge is 0.444 e. The van der Waals surface area contributed by atoms with E-state index in [1.807, 2.05) is 49.4 Å². The van der Waals surface area contributed by atoms with Crippen molar-refractivity contribution >= 4 is 27.5 Å². The van der Waals surface area contributed by atoms with Gasteiger partial charge in [0.15, 0.2) is 0 Å². The smallest absolute Gasteiger partial charge is 0.407 e. The predicted molar refractivity (Wildman–Crippen MR) is 150 cm³/mol. The van der Waals surface area contributed by atoms with Crippen LogP contribution in [0.15, 0.2) is 78.0 Å². The normalized spacial score (nSPS) is 15.9. The first-order chi connectivity index (χ1) is 17.9. The molecule has 0 fully saturated rings. The summed E-state index contributed by atoms with van der Waals surface area (Å²) < 4.78 is 34.2. The molecule has 1 aliphatic carbocycles. The molecular weight excluding hydrogens is 506 g/mol. The molecule has 1 heterocycles. The van der Waals surface area contributed by atoms with E-state index in [9.17, 15) is 13.2 Å². The van der Waals surface area contributed by atoms with Gasteiger partial charge in [0.2, 0.25) is 10.0 Å². The van der Waals surface area contributed by atoms with Crippen LogP contribution in [0.1, 0.15) is 56.4 Å². The standard InChI is InChI=1S/C28H37N3O4S2/c1-3-22(2)37(33,34)31-26(18-24-11-7-4-5-8-12-24)16-15-25(17-23-13-9-6-10-14-23)30-28(32)35-20-27-19-29-21-36-27/h4,6-14,19,21-22,25-26,31H,3,5,15-18,20H2,1-2H3,(H,30,32). The van der Waals surface area contributed by atoms with Gasteiger partial charge in [-0.05, 0) is 56.6 Å². The number of hydrogen-bond donors (Lipinski definition) is 2. The van der Waals surface area contributed by atoms with Crippen molar-refractivity contribution in [2.24, 2.45) is 0 Å². The summed E-state index contributed by atoms with van der Waals surface area (Å²) in [6, 6.07) is 9.42. The SMILES string of the molecule is CCC(C)S(=O)(=O)NC(CCC(Cc1ccccc1)NC(=O)OCc1cncs1)CC1=CC=CCC=C1. The third-order valence-electron chi connectivity index (χ3n) is 6.31. The van der Waals surface area contributed by atoms with Gasteiger partial charge in [0, 0.05) is 18.3 Å². The number of carbonyl (C=O) groups is 1. The van der Waals surface area contributed by atoms with E-state index in [2.05, 4.69) is 33.3 Å². The molecular formula is C28H37N3O4S2. The Kier molecular flexibility index (Phi) is 11.6. The van der Waals surface area contributed by atoms with Crippen LogP contribution in [0.5, 0.6) is 0 Å². The summed E-state index contributed by atoms with van der Waals surface area (Å²) in [5.41, 5.74) is 3.86. The molecule has 0 saturated heterocycles. The van der Waals surface area contributed by atoms with Crippen molar-refractivity contribution in [3.63, 3.8) is 0 Å². The number of aromatic nitrogens is 1. The number of nitrogens with one attached hydrogen (secondary N) is 2. The molecule has 3 unspecified atom stereocenters. The van der Waals surface area contributed by atoms with E-state index < -0.39 is 21.4 Å². The lowest BCUT2D eigenvalue weighted by molar-refractivity contribution is 0.135. The number of nitrogens with zero attached hydrogens (tertiary/aromatic N) is 1. The molecule has 0 spiro atoms. The average Bonchev–Trinajstić information content (AvgIpc) is 3.28. The minimum absolute atomic E-state index is 0.167. The number of allylic oxidation sites excluding steroid dienone is 5. The highest BCUT2D eigenvalue weighted by molar-refractivity contribution is 7.90. The Morgan fingerprint density at radius 1 is 1.14 bits per heavy atom. The lowest BCUT2D eigenvalue weighted by atomic mass is 9.96. The zero-order valence-corrected chi connectivity index (χ0v) is 23.1. The van der Waals surface area contributed by atoms with Crippen LogP contribution in [0.4, 0.5) is 4.79 Å². The average molecular weight is 544 g/mol. The first-order valence-corrected chi connectivity index (χ1v) is 15.2. The van der Waals surface area contributed by atoms with Crippen molar-refractivity contribution < 1.29 is 17.9 Å². The Labute approximate surface area is 224 Å². The molecule has 3 rings (SSSR count). The van der Waals surface area contributed by atoms with Crippen LogP contribution in [-0.2, 0) is 27.8 Å². The summed E-state index contributed by atoms with van der Waals surface area (Å²) in [6.45, 7) is 3.77. The Balaban J connectivity index is 1.70. The van der Waals surface area contributed by atoms with Crippen molar-refractivity contribution in [2.75, 3.05) is 0 Å². The lowest BCUT2D eigenvalue weighted by Crippen LogP contribution is -2.42. The van der Waals surface area contributed by atoms with Crippen LogP contribution in [0.25, 0.3) is 0 Å². The maximum atomic E-state index is 12.9. The number of alkyl carbamates (subject to hydrolysis) is 1. The van der Waals surface area contributed by atoms with Gasteiger partial charge in [-0.15, -0.1) is 11.3 Å². The van der Waals surface area contributed by atoms with Crippen LogP contribution >= 0.6 is 11.3 Å². The number of ether oxygens (including phenoxy) is 1. The number of hydrogen-bond acceptors (Lipinski definition) is 6. The van der Waals surface area contributed by atoms with Crippen molar-refractivity contribution in [3.05, 3.63) is 88.4 Å². The minimum Gasteiger partial charge on any atom is -0.444 e. The van der Waals surface area contributed by atoms with Crippen molar-refractivity contribution in [2.45, 2.75) is 76.3 Å². The molecule has 2 N–H and O–H groups in total. The summed E-state index contributed by atoms with van der Waals surface area (Å²) >= 11 is 1.43. The van der Waals surface area contributed by atoms with Gasteiger partial charge in [-0.2, -0.15) is 0 Å². The molecule has 2 aromatic rings. The predicted octanol–water partition coefficient (Wildman–Crippen LogP) is 5.68. The van der Waals surface area contributed by atoms with E-state index in [-0.39, 0.29) is 18.7 Å². The monoisotopic (exact) mass is 543 g/mol. The summed E-state index contributed by atoms with van der Waals surface area (Å²) in [6.07, 6.45) is 15.2. The number of sulfonamides is 1. The van der Waals surface area contributed by atoms with Gasteiger partial charge in [0.25, 0.3) is 0 Å². The zero-order chi connectivity index (χ0) is 26.5. The maximum Gasteiger partial charge on any atom is 0.407 e. The highest BCUT2D eigenvalue weighted by Gasteiger charge is 2.25. The van der Waals surface area contributed by atoms with Crippen LogP contribution in [0, 0.1) is 0 Å². The topological polar surface area (TPSA) is 97.4 Å². The van der Waals surface area contributed by atoms with Gasteiger partial charge in [0.05, 0.1) is 15.6 Å². The van der Waals surface area contributed by atoms with Crippen molar-refractivity contribution in [1.82, 2.24) is 15.0 Å². The second-order valence-electron chi connectivity index (χ2n) is 9.24. The molecule has 37 heavy (non-hydrogen) atoms. The van der Waals surface area contributed by atoms with Crippen LogP contribution in [-0.4, -0.2) is 36.8 Å². The second kappa shape index (κ2) is 14.9. The fraction of sp³-hybridized carbons (Fsp3) is 0.429. The molecule has 9 heteroatoms. The maximum absolute atomic E-state index is 12.9. The van der Waals surface area contributed by atoms with E-state index in [4.69, 9.17) is 4.74 Å². The first kappa shape index (κ1) is 28.8. The van der Waals surface area contributed by atoms with Crippen LogP contribution < -0.4 is 10.0 Å². The Hall–Kier alpha value is -2.75. The van der Waals surface area contributed by atoms with Gasteiger partial charge < -0.3 is 10.1 Å². The Morgan fingerprint density at radius 2 is 1.92 bits per heavy atom. The molecule has 0 radical (unpaired) electrons. The van der Waals surface area contributed by atoms with E-state index in [1.54, 1.807) is 18.6 Å². The Bertz CT molecular complexity index is 1160. The summed E-state index contributed by atoms with van der Waals surface area (Å²) in [5.74, 6) is 0. The van der Waals surface area contributed by atoms with E-state index >= 15 is 0 Å². The molecule has 1 aliphatic rings. The molecule has 1 aromatic heterocycles. The van der Waals surface area contributed by atoms with Gasteiger partial charge in [0.1, 0.15) is 6.61 Å². The van der Waals surface area contributed by atoms with Gasteiger partial charge in [-0.3, -0.25) is 4.98 Å². The summed E-state index contributed by atoms with van der Waals surface area (Å²) in [7, 11) is -3.47. The molecule has 7 nitrogen and oxygen atoms in total. The van der Waals surface area contributed by atoms with Crippen molar-refractivity contribution in [1.29, 1.82) is 0 Å². The van der Waals surface area contributed by atoms with Crippen molar-refractivity contribution in [3.8, 4) is 0 Å². The number of amides is 1. The van der Waals surface area contributed by atoms with E-state index in [0.717, 1.165) is 22.4 Å². The highest BCUT2D eigenvalue weighted by Crippen LogP contribution is 2.19. The fourth-order valence-corrected chi connectivity index (χ4v) is 5.84. The van der Waals surface area contributed by atoms with Crippen LogP contribution in [0.2, 0.25) is 0 Å². The third-order valence-corrected chi connectivity index (χ3v) is 9.12. The van der Waals surface area contributed by atoms with Gasteiger partial charge >= 0.3 is 6.09 Å². The molecule has 1 aromatic carbocycles. The van der Waals surface area contributed by atoms with E-state index in [1.165, 1.54) is 11.3 Å². The molecule has 0 bridgehead atoms. The van der Waals surface area contributed by atoms with Gasteiger partial charge in [-0.25, -0.2) is 17.9 Å². The third kappa shape index (κ3) is 10.3. The quantitative estimate of drug-likeness (QED) is 0.320. The van der Waals surface area contributed by atoms with Gasteiger partial charge in [-0.1, -0.05) is 67.6 Å². The zero-order valence-electron chi connectivity index (χ0n) is 21.5. The number of carbonyl (C=O) groups excluding carboxylic acids is 1.